The average molecular weight is 369 g/mol. The van der Waals surface area contributed by atoms with Crippen molar-refractivity contribution in [1.82, 2.24) is 5.32 Å². The van der Waals surface area contributed by atoms with Crippen LogP contribution in [0.4, 0.5) is 0 Å². The third kappa shape index (κ3) is 4.73. The van der Waals surface area contributed by atoms with Crippen LogP contribution in [0.3, 0.4) is 0 Å². The maximum absolute atomic E-state index is 6.20. The van der Waals surface area contributed by atoms with Crippen molar-refractivity contribution in [3.05, 3.63) is 63.1 Å². The molecule has 1 unspecified atom stereocenters. The van der Waals surface area contributed by atoms with Crippen LogP contribution in [0.5, 0.6) is 5.75 Å². The molecular formula is C17H19BrClNO. The number of hydrogen-bond acceptors (Lipinski definition) is 2. The second kappa shape index (κ2) is 7.83. The van der Waals surface area contributed by atoms with Crippen LogP contribution < -0.4 is 10.1 Å². The molecule has 0 aliphatic heterocycles. The maximum atomic E-state index is 6.20. The Morgan fingerprint density at radius 3 is 2.57 bits per heavy atom. The van der Waals surface area contributed by atoms with Gasteiger partial charge in [-0.25, -0.2) is 0 Å². The summed E-state index contributed by atoms with van der Waals surface area (Å²) in [5.74, 6) is 0.906. The number of rotatable bonds is 6. The Kier molecular flexibility index (Phi) is 6.09. The number of hydrogen-bond donors (Lipinski definition) is 1. The molecule has 2 rings (SSSR count). The van der Waals surface area contributed by atoms with Gasteiger partial charge in [-0.3, -0.25) is 0 Å². The molecule has 0 radical (unpaired) electrons. The summed E-state index contributed by atoms with van der Waals surface area (Å²) in [5, 5.41) is 4.27. The molecule has 0 bridgehead atoms. The van der Waals surface area contributed by atoms with E-state index in [-0.39, 0.29) is 6.04 Å². The first-order chi connectivity index (χ1) is 10.1. The monoisotopic (exact) mass is 367 g/mol. The van der Waals surface area contributed by atoms with Crippen molar-refractivity contribution in [2.24, 2.45) is 0 Å². The van der Waals surface area contributed by atoms with E-state index in [9.17, 15) is 0 Å². The number of halogens is 2. The van der Waals surface area contributed by atoms with Crippen molar-refractivity contribution in [3.8, 4) is 5.75 Å². The highest BCUT2D eigenvalue weighted by Gasteiger charge is 2.07. The van der Waals surface area contributed by atoms with E-state index in [4.69, 9.17) is 16.3 Å². The molecule has 0 aromatic heterocycles. The number of benzene rings is 2. The van der Waals surface area contributed by atoms with Crippen LogP contribution in [0.2, 0.25) is 5.02 Å². The van der Waals surface area contributed by atoms with E-state index in [1.807, 2.05) is 37.3 Å². The van der Waals surface area contributed by atoms with E-state index in [2.05, 4.69) is 40.3 Å². The zero-order chi connectivity index (χ0) is 15.2. The zero-order valence-electron chi connectivity index (χ0n) is 12.2. The van der Waals surface area contributed by atoms with Crippen molar-refractivity contribution in [2.45, 2.75) is 26.4 Å². The molecule has 0 amide bonds. The zero-order valence-corrected chi connectivity index (χ0v) is 14.5. The first-order valence-corrected chi connectivity index (χ1v) is 8.17. The molecule has 0 heterocycles. The Balaban J connectivity index is 1.97. The number of nitrogens with one attached hydrogen (secondary N) is 1. The quantitative estimate of drug-likeness (QED) is 0.742. The number of ether oxygens (including phenoxy) is 1. The summed E-state index contributed by atoms with van der Waals surface area (Å²) in [6, 6.07) is 14.3. The molecule has 0 saturated heterocycles. The van der Waals surface area contributed by atoms with E-state index in [0.29, 0.717) is 6.61 Å². The van der Waals surface area contributed by atoms with Crippen LogP contribution in [-0.4, -0.2) is 6.61 Å². The van der Waals surface area contributed by atoms with Gasteiger partial charge in [-0.2, -0.15) is 0 Å². The summed E-state index contributed by atoms with van der Waals surface area (Å²) < 4.78 is 6.49. The SMILES string of the molecule is CCOc1ccc(C(C)NCc2cc(Br)ccc2Cl)cc1. The molecule has 0 aliphatic carbocycles. The highest BCUT2D eigenvalue weighted by atomic mass is 79.9. The minimum Gasteiger partial charge on any atom is -0.494 e. The van der Waals surface area contributed by atoms with Crippen molar-refractivity contribution in [2.75, 3.05) is 6.61 Å². The fraction of sp³-hybridized carbons (Fsp3) is 0.294. The molecule has 0 fully saturated rings. The van der Waals surface area contributed by atoms with Crippen LogP contribution in [0.15, 0.2) is 46.9 Å². The van der Waals surface area contributed by atoms with E-state index in [1.54, 1.807) is 0 Å². The molecule has 112 valence electrons. The lowest BCUT2D eigenvalue weighted by molar-refractivity contribution is 0.340. The van der Waals surface area contributed by atoms with Crippen molar-refractivity contribution >= 4 is 27.5 Å². The molecule has 0 aliphatic rings. The molecule has 1 N–H and O–H groups in total. The average Bonchev–Trinajstić information content (AvgIpc) is 2.49. The van der Waals surface area contributed by atoms with Crippen molar-refractivity contribution in [3.63, 3.8) is 0 Å². The largest absolute Gasteiger partial charge is 0.494 e. The summed E-state index contributed by atoms with van der Waals surface area (Å²) >= 11 is 9.67. The van der Waals surface area contributed by atoms with E-state index in [0.717, 1.165) is 27.4 Å². The summed E-state index contributed by atoms with van der Waals surface area (Å²) in [6.07, 6.45) is 0. The second-order valence-corrected chi connectivity index (χ2v) is 6.16. The minimum atomic E-state index is 0.246. The van der Waals surface area contributed by atoms with Crippen LogP contribution in [0.25, 0.3) is 0 Å². The lowest BCUT2D eigenvalue weighted by Crippen LogP contribution is -2.18. The molecule has 21 heavy (non-hydrogen) atoms. The van der Waals surface area contributed by atoms with E-state index < -0.39 is 0 Å². The van der Waals surface area contributed by atoms with Gasteiger partial charge in [0.05, 0.1) is 6.61 Å². The summed E-state index contributed by atoms with van der Waals surface area (Å²) in [7, 11) is 0. The fourth-order valence-corrected chi connectivity index (χ4v) is 2.67. The Labute approximate surface area is 139 Å². The molecule has 2 aromatic rings. The first kappa shape index (κ1) is 16.3. The molecule has 2 aromatic carbocycles. The van der Waals surface area contributed by atoms with Gasteiger partial charge in [-0.1, -0.05) is 39.7 Å². The van der Waals surface area contributed by atoms with Gasteiger partial charge in [-0.15, -0.1) is 0 Å². The lowest BCUT2D eigenvalue weighted by Gasteiger charge is -2.15. The van der Waals surface area contributed by atoms with Gasteiger partial charge in [0.25, 0.3) is 0 Å². The van der Waals surface area contributed by atoms with Gasteiger partial charge in [0.2, 0.25) is 0 Å². The Morgan fingerprint density at radius 2 is 1.90 bits per heavy atom. The Hall–Kier alpha value is -1.03. The van der Waals surface area contributed by atoms with Crippen LogP contribution in [-0.2, 0) is 6.54 Å². The van der Waals surface area contributed by atoms with E-state index >= 15 is 0 Å². The summed E-state index contributed by atoms with van der Waals surface area (Å²) in [5.41, 5.74) is 2.31. The van der Waals surface area contributed by atoms with Gasteiger partial charge in [-0.05, 0) is 55.3 Å². The second-order valence-electron chi connectivity index (χ2n) is 4.84. The van der Waals surface area contributed by atoms with Gasteiger partial charge in [0, 0.05) is 22.1 Å². The Morgan fingerprint density at radius 1 is 1.19 bits per heavy atom. The standard InChI is InChI=1S/C17H19BrClNO/c1-3-21-16-7-4-13(5-8-16)12(2)20-11-14-10-15(18)6-9-17(14)19/h4-10,12,20H,3,11H2,1-2H3. The smallest absolute Gasteiger partial charge is 0.119 e. The molecule has 4 heteroatoms. The van der Waals surface area contributed by atoms with Crippen LogP contribution >= 0.6 is 27.5 Å². The van der Waals surface area contributed by atoms with Gasteiger partial charge < -0.3 is 10.1 Å². The van der Waals surface area contributed by atoms with Crippen LogP contribution in [0, 0.1) is 0 Å². The molecule has 0 spiro atoms. The molecule has 1 atom stereocenters. The molecular weight excluding hydrogens is 350 g/mol. The van der Waals surface area contributed by atoms with Crippen molar-refractivity contribution < 1.29 is 4.74 Å². The van der Waals surface area contributed by atoms with E-state index in [1.165, 1.54) is 5.56 Å². The van der Waals surface area contributed by atoms with Gasteiger partial charge >= 0.3 is 0 Å². The highest BCUT2D eigenvalue weighted by molar-refractivity contribution is 9.10. The fourth-order valence-electron chi connectivity index (χ4n) is 2.08. The predicted octanol–water partition coefficient (Wildman–Crippen LogP) is 5.35. The van der Waals surface area contributed by atoms with Gasteiger partial charge in [0.15, 0.2) is 0 Å². The summed E-state index contributed by atoms with van der Waals surface area (Å²) in [6.45, 7) is 5.54. The first-order valence-electron chi connectivity index (χ1n) is 7.00. The lowest BCUT2D eigenvalue weighted by atomic mass is 10.1. The topological polar surface area (TPSA) is 21.3 Å². The summed E-state index contributed by atoms with van der Waals surface area (Å²) in [4.78, 5) is 0. The molecule has 2 nitrogen and oxygen atoms in total. The minimum absolute atomic E-state index is 0.246. The van der Waals surface area contributed by atoms with Gasteiger partial charge in [0.1, 0.15) is 5.75 Å². The predicted molar refractivity (Wildman–Crippen MR) is 92.0 cm³/mol. The Bertz CT molecular complexity index is 586. The van der Waals surface area contributed by atoms with Crippen LogP contribution in [0.1, 0.15) is 31.0 Å². The third-order valence-corrected chi connectivity index (χ3v) is 4.16. The normalized spacial score (nSPS) is 12.2. The third-order valence-electron chi connectivity index (χ3n) is 3.30. The molecule has 0 saturated carbocycles. The van der Waals surface area contributed by atoms with Crippen molar-refractivity contribution in [1.29, 1.82) is 0 Å². The maximum Gasteiger partial charge on any atom is 0.119 e. The highest BCUT2D eigenvalue weighted by Crippen LogP contribution is 2.22.